The molecule has 200 valence electrons. The van der Waals surface area contributed by atoms with Gasteiger partial charge >= 0.3 is 24.3 Å². The minimum absolute atomic E-state index is 0.0695. The Balaban J connectivity index is 0.000000271. The highest BCUT2D eigenvalue weighted by atomic mass is 127. The van der Waals surface area contributed by atoms with E-state index < -0.39 is 35.4 Å². The predicted molar refractivity (Wildman–Crippen MR) is 129 cm³/mol. The number of carbonyl (C=O) groups excluding carboxylic acids is 2. The van der Waals surface area contributed by atoms with Gasteiger partial charge in [-0.2, -0.15) is 31.4 Å². The number of aryl methyl sites for hydroxylation is 1. The van der Waals surface area contributed by atoms with E-state index in [-0.39, 0.29) is 37.2 Å². The summed E-state index contributed by atoms with van der Waals surface area (Å²) < 4.78 is 87.0. The summed E-state index contributed by atoms with van der Waals surface area (Å²) in [4.78, 5) is 22.7. The zero-order valence-corrected chi connectivity index (χ0v) is 21.4. The van der Waals surface area contributed by atoms with Gasteiger partial charge in [-0.3, -0.25) is 4.68 Å². The number of nitrogen functional groups attached to an aromatic ring is 2. The molecule has 0 bridgehead atoms. The fraction of sp³-hybridized carbons (Fsp3) is 0.227. The number of hydrogen-bond acceptors (Lipinski definition) is 7. The SMILES string of the molecule is COC(=O)c1cc(-c2cnn(C)c2)c(C(F)(F)F)cc1N.COC(=O)c1cc(I)c(C(F)(F)F)cc1N. The molecule has 0 aliphatic rings. The Morgan fingerprint density at radius 3 is 1.73 bits per heavy atom. The molecule has 1 aromatic heterocycles. The van der Waals surface area contributed by atoms with Gasteiger partial charge < -0.3 is 20.9 Å². The third kappa shape index (κ3) is 7.05. The number of methoxy groups -OCH3 is 2. The van der Waals surface area contributed by atoms with E-state index in [0.717, 1.165) is 38.5 Å². The van der Waals surface area contributed by atoms with E-state index in [9.17, 15) is 35.9 Å². The Kier molecular flexibility index (Phi) is 9.05. The summed E-state index contributed by atoms with van der Waals surface area (Å²) in [5.41, 5.74) is 8.42. The second-order valence-corrected chi connectivity index (χ2v) is 8.45. The molecule has 8 nitrogen and oxygen atoms in total. The molecule has 2 aromatic carbocycles. The third-order valence-corrected chi connectivity index (χ3v) is 5.66. The van der Waals surface area contributed by atoms with Crippen molar-refractivity contribution in [2.24, 2.45) is 7.05 Å². The summed E-state index contributed by atoms with van der Waals surface area (Å²) in [5, 5.41) is 3.84. The fourth-order valence-corrected chi connectivity index (χ4v) is 3.80. The summed E-state index contributed by atoms with van der Waals surface area (Å²) >= 11 is 1.49. The van der Waals surface area contributed by atoms with Crippen LogP contribution in [0.2, 0.25) is 0 Å². The number of ether oxygens (including phenoxy) is 2. The number of halogens is 7. The van der Waals surface area contributed by atoms with E-state index in [1.165, 1.54) is 39.7 Å². The van der Waals surface area contributed by atoms with Crippen LogP contribution in [0.25, 0.3) is 11.1 Å². The normalized spacial score (nSPS) is 11.4. The highest BCUT2D eigenvalue weighted by Crippen LogP contribution is 2.39. The van der Waals surface area contributed by atoms with Gasteiger partial charge in [-0.15, -0.1) is 0 Å². The van der Waals surface area contributed by atoms with Crippen LogP contribution in [-0.2, 0) is 28.9 Å². The van der Waals surface area contributed by atoms with Crippen LogP contribution in [0.15, 0.2) is 36.7 Å². The average Bonchev–Trinajstić information content (AvgIpc) is 3.24. The molecule has 0 atom stereocenters. The number of benzene rings is 2. The first-order chi connectivity index (χ1) is 17.0. The van der Waals surface area contributed by atoms with Crippen molar-refractivity contribution in [3.8, 4) is 11.1 Å². The van der Waals surface area contributed by atoms with Gasteiger partial charge in [0.15, 0.2) is 0 Å². The molecule has 15 heteroatoms. The van der Waals surface area contributed by atoms with Crippen LogP contribution >= 0.6 is 22.6 Å². The summed E-state index contributed by atoms with van der Waals surface area (Å²) in [6.07, 6.45) is -6.39. The van der Waals surface area contributed by atoms with Crippen LogP contribution in [0.3, 0.4) is 0 Å². The van der Waals surface area contributed by atoms with Crippen molar-refractivity contribution in [1.29, 1.82) is 0 Å². The number of anilines is 2. The van der Waals surface area contributed by atoms with Crippen LogP contribution in [0.1, 0.15) is 31.8 Å². The summed E-state index contributed by atoms with van der Waals surface area (Å²) in [6.45, 7) is 0. The highest BCUT2D eigenvalue weighted by molar-refractivity contribution is 14.1. The average molecular weight is 644 g/mol. The van der Waals surface area contributed by atoms with Crippen molar-refractivity contribution < 1.29 is 45.4 Å². The lowest BCUT2D eigenvalue weighted by Gasteiger charge is -2.15. The summed E-state index contributed by atoms with van der Waals surface area (Å²) in [7, 11) is 3.84. The fourth-order valence-electron chi connectivity index (χ4n) is 3.03. The Bertz CT molecular complexity index is 1320. The van der Waals surface area contributed by atoms with Gasteiger partial charge in [-0.25, -0.2) is 9.59 Å². The highest BCUT2D eigenvalue weighted by Gasteiger charge is 2.36. The van der Waals surface area contributed by atoms with E-state index in [1.54, 1.807) is 7.05 Å². The van der Waals surface area contributed by atoms with Gasteiger partial charge in [0.05, 0.1) is 42.7 Å². The monoisotopic (exact) mass is 644 g/mol. The molecule has 3 rings (SSSR count). The molecule has 0 radical (unpaired) electrons. The molecular formula is C22H19F6IN4O4. The molecule has 0 unspecified atom stereocenters. The second-order valence-electron chi connectivity index (χ2n) is 7.29. The molecule has 1 heterocycles. The molecule has 37 heavy (non-hydrogen) atoms. The molecule has 3 aromatic rings. The lowest BCUT2D eigenvalue weighted by Crippen LogP contribution is -2.12. The first kappa shape index (κ1) is 29.7. The van der Waals surface area contributed by atoms with Crippen molar-refractivity contribution in [3.63, 3.8) is 0 Å². The number of esters is 2. The minimum Gasteiger partial charge on any atom is -0.465 e. The smallest absolute Gasteiger partial charge is 0.417 e. The van der Waals surface area contributed by atoms with Crippen molar-refractivity contribution in [3.05, 3.63) is 62.5 Å². The molecule has 0 aliphatic carbocycles. The molecule has 0 spiro atoms. The third-order valence-electron chi connectivity index (χ3n) is 4.77. The second kappa shape index (κ2) is 11.3. The maximum Gasteiger partial charge on any atom is 0.417 e. The number of nitrogens with zero attached hydrogens (tertiary/aromatic N) is 2. The number of carbonyl (C=O) groups is 2. The molecular weight excluding hydrogens is 625 g/mol. The number of nitrogens with two attached hydrogens (primary N) is 2. The molecule has 0 saturated carbocycles. The van der Waals surface area contributed by atoms with Crippen LogP contribution in [0.5, 0.6) is 0 Å². The zero-order chi connectivity index (χ0) is 28.3. The van der Waals surface area contributed by atoms with Crippen LogP contribution < -0.4 is 11.5 Å². The number of hydrogen-bond donors (Lipinski definition) is 2. The Morgan fingerprint density at radius 2 is 1.32 bits per heavy atom. The summed E-state index contributed by atoms with van der Waals surface area (Å²) in [5.74, 6) is -1.56. The van der Waals surface area contributed by atoms with Crippen molar-refractivity contribution in [2.75, 3.05) is 25.7 Å². The van der Waals surface area contributed by atoms with Crippen molar-refractivity contribution in [2.45, 2.75) is 12.4 Å². The maximum absolute atomic E-state index is 13.1. The maximum atomic E-state index is 13.1. The first-order valence-corrected chi connectivity index (χ1v) is 10.9. The quantitative estimate of drug-likeness (QED) is 0.175. The number of rotatable bonds is 3. The lowest BCUT2D eigenvalue weighted by molar-refractivity contribution is -0.138. The first-order valence-electron chi connectivity index (χ1n) is 9.83. The van der Waals surface area contributed by atoms with E-state index in [1.807, 2.05) is 0 Å². The van der Waals surface area contributed by atoms with E-state index in [0.29, 0.717) is 0 Å². The number of alkyl halides is 6. The van der Waals surface area contributed by atoms with E-state index in [2.05, 4.69) is 14.6 Å². The van der Waals surface area contributed by atoms with Gasteiger partial charge in [0.2, 0.25) is 0 Å². The Morgan fingerprint density at radius 1 is 0.865 bits per heavy atom. The summed E-state index contributed by atoms with van der Waals surface area (Å²) in [6, 6.07) is 3.59. The largest absolute Gasteiger partial charge is 0.465 e. The van der Waals surface area contributed by atoms with E-state index in [4.69, 9.17) is 11.5 Å². The van der Waals surface area contributed by atoms with Crippen LogP contribution in [-0.4, -0.2) is 35.9 Å². The number of aromatic nitrogens is 2. The molecule has 0 saturated heterocycles. The van der Waals surface area contributed by atoms with Gasteiger partial charge in [0.1, 0.15) is 0 Å². The molecule has 0 aliphatic heterocycles. The minimum atomic E-state index is -4.60. The van der Waals surface area contributed by atoms with Gasteiger partial charge in [0.25, 0.3) is 0 Å². The standard InChI is InChI=1S/C13H12F3N3O2.C9H7F3INO2/c1-19-6-7(5-18-19)8-3-9(12(20)21-2)11(17)4-10(8)13(14,15)16;1-16-8(15)4-2-6(13)5(3-7(4)14)9(10,11)12/h3-6H,17H2,1-2H3;2-3H,14H2,1H3. The Labute approximate surface area is 219 Å². The zero-order valence-electron chi connectivity index (χ0n) is 19.3. The molecule has 0 amide bonds. The predicted octanol–water partition coefficient (Wildman–Crippen LogP) is 5.15. The van der Waals surface area contributed by atoms with Crippen molar-refractivity contribution >= 4 is 45.9 Å². The van der Waals surface area contributed by atoms with Gasteiger partial charge in [0, 0.05) is 33.8 Å². The molecule has 4 N–H and O–H groups in total. The van der Waals surface area contributed by atoms with Gasteiger partial charge in [-0.05, 0) is 52.4 Å². The van der Waals surface area contributed by atoms with E-state index >= 15 is 0 Å². The van der Waals surface area contributed by atoms with Crippen LogP contribution in [0.4, 0.5) is 37.7 Å². The van der Waals surface area contributed by atoms with Gasteiger partial charge in [-0.1, -0.05) is 0 Å². The van der Waals surface area contributed by atoms with Crippen LogP contribution in [0, 0.1) is 3.57 Å². The van der Waals surface area contributed by atoms with Crippen molar-refractivity contribution in [1.82, 2.24) is 9.78 Å². The Hall–Kier alpha value is -3.50. The lowest BCUT2D eigenvalue weighted by atomic mass is 9.97. The molecule has 0 fully saturated rings. The topological polar surface area (TPSA) is 122 Å².